The number of anilines is 1. The van der Waals surface area contributed by atoms with E-state index in [2.05, 4.69) is 0 Å². The number of ether oxygens (including phenoxy) is 1. The number of nitrogens with two attached hydrogens (primary N) is 1. The quantitative estimate of drug-likeness (QED) is 0.815. The second-order valence-electron chi connectivity index (χ2n) is 5.82. The number of rotatable bonds is 4. The van der Waals surface area contributed by atoms with E-state index >= 15 is 0 Å². The van der Waals surface area contributed by atoms with E-state index in [4.69, 9.17) is 4.74 Å². The highest BCUT2D eigenvalue weighted by atomic mass is 16.5. The minimum atomic E-state index is -0.303. The fraction of sp³-hybridized carbons (Fsp3) is 0.500. The zero-order valence-corrected chi connectivity index (χ0v) is 12.2. The lowest BCUT2D eigenvalue weighted by molar-refractivity contribution is -0.680. The number of amides is 2. The molecule has 3 rings (SSSR count). The van der Waals surface area contributed by atoms with E-state index in [1.54, 1.807) is 0 Å². The summed E-state index contributed by atoms with van der Waals surface area (Å²) in [6.45, 7) is 3.55. The number of hydrogen-bond donors (Lipinski definition) is 1. The van der Waals surface area contributed by atoms with Gasteiger partial charge in [-0.05, 0) is 31.9 Å². The molecule has 1 aromatic rings. The van der Waals surface area contributed by atoms with Gasteiger partial charge in [0.2, 0.25) is 5.91 Å². The third-order valence-corrected chi connectivity index (χ3v) is 4.18. The zero-order valence-electron chi connectivity index (χ0n) is 12.2. The second-order valence-corrected chi connectivity index (χ2v) is 5.82. The molecule has 2 heterocycles. The molecule has 5 nitrogen and oxygen atoms in total. The Balaban J connectivity index is 1.65. The normalized spacial score (nSPS) is 25.9. The smallest absolute Gasteiger partial charge is 0.292 e. The van der Waals surface area contributed by atoms with Crippen LogP contribution in [-0.2, 0) is 14.3 Å². The van der Waals surface area contributed by atoms with Gasteiger partial charge in [0.15, 0.2) is 6.04 Å². The largest absolute Gasteiger partial charge is 0.372 e. The fourth-order valence-electron chi connectivity index (χ4n) is 2.95. The molecule has 112 valence electrons. The summed E-state index contributed by atoms with van der Waals surface area (Å²) < 4.78 is 5.56. The highest BCUT2D eigenvalue weighted by molar-refractivity contribution is 6.21. The Labute approximate surface area is 124 Å². The summed E-state index contributed by atoms with van der Waals surface area (Å²) in [5, 5.41) is 1.96. The van der Waals surface area contributed by atoms with Crippen LogP contribution in [0.4, 0.5) is 5.69 Å². The van der Waals surface area contributed by atoms with Crippen LogP contribution in [0.1, 0.15) is 24.8 Å². The van der Waals surface area contributed by atoms with Crippen LogP contribution in [0, 0.1) is 6.92 Å². The highest BCUT2D eigenvalue weighted by Gasteiger charge is 2.42. The van der Waals surface area contributed by atoms with Crippen molar-refractivity contribution in [2.24, 2.45) is 0 Å². The Kier molecular flexibility index (Phi) is 4.03. The van der Waals surface area contributed by atoms with Crippen molar-refractivity contribution in [3.63, 3.8) is 0 Å². The van der Waals surface area contributed by atoms with E-state index in [0.717, 1.165) is 31.6 Å². The Morgan fingerprint density at radius 1 is 1.29 bits per heavy atom. The Bertz CT molecular complexity index is 535. The summed E-state index contributed by atoms with van der Waals surface area (Å²) in [4.78, 5) is 25.9. The van der Waals surface area contributed by atoms with Gasteiger partial charge in [-0.1, -0.05) is 17.7 Å². The number of quaternary nitrogens is 1. The van der Waals surface area contributed by atoms with Gasteiger partial charge in [-0.3, -0.25) is 9.59 Å². The van der Waals surface area contributed by atoms with Crippen molar-refractivity contribution in [2.75, 3.05) is 18.1 Å². The summed E-state index contributed by atoms with van der Waals surface area (Å²) in [7, 11) is 0. The lowest BCUT2D eigenvalue weighted by Gasteiger charge is -2.15. The van der Waals surface area contributed by atoms with Gasteiger partial charge in [0.05, 0.1) is 12.1 Å². The molecular weight excluding hydrogens is 268 g/mol. The summed E-state index contributed by atoms with van der Waals surface area (Å²) in [6.07, 6.45) is 2.64. The summed E-state index contributed by atoms with van der Waals surface area (Å²) in [5.74, 6) is -0.223. The van der Waals surface area contributed by atoms with Crippen molar-refractivity contribution in [1.82, 2.24) is 0 Å². The first-order valence-electron chi connectivity index (χ1n) is 7.53. The van der Waals surface area contributed by atoms with E-state index in [9.17, 15) is 9.59 Å². The van der Waals surface area contributed by atoms with Gasteiger partial charge < -0.3 is 10.1 Å². The van der Waals surface area contributed by atoms with E-state index < -0.39 is 0 Å². The molecule has 2 aliphatic rings. The minimum Gasteiger partial charge on any atom is -0.372 e. The minimum absolute atomic E-state index is 0.109. The van der Waals surface area contributed by atoms with Crippen LogP contribution in [0.25, 0.3) is 0 Å². The molecule has 2 N–H and O–H groups in total. The molecular formula is C16H21N2O3+. The van der Waals surface area contributed by atoms with Crippen LogP contribution in [-0.4, -0.2) is 37.1 Å². The van der Waals surface area contributed by atoms with Crippen molar-refractivity contribution in [2.45, 2.75) is 38.3 Å². The number of carbonyl (C=O) groups excluding carboxylic acids is 2. The molecule has 2 amide bonds. The third-order valence-electron chi connectivity index (χ3n) is 4.18. The van der Waals surface area contributed by atoms with Crippen LogP contribution in [0.2, 0.25) is 0 Å². The van der Waals surface area contributed by atoms with Crippen molar-refractivity contribution in [3.8, 4) is 0 Å². The highest BCUT2D eigenvalue weighted by Crippen LogP contribution is 2.22. The maximum atomic E-state index is 12.4. The van der Waals surface area contributed by atoms with E-state index in [-0.39, 0.29) is 30.4 Å². The van der Waals surface area contributed by atoms with Crippen molar-refractivity contribution >= 4 is 17.5 Å². The van der Waals surface area contributed by atoms with E-state index in [0.29, 0.717) is 5.69 Å². The predicted molar refractivity (Wildman–Crippen MR) is 77.8 cm³/mol. The number of carbonyl (C=O) groups is 2. The Hall–Kier alpha value is -1.72. The van der Waals surface area contributed by atoms with Crippen LogP contribution in [0.5, 0.6) is 0 Å². The molecule has 0 spiro atoms. The first-order valence-corrected chi connectivity index (χ1v) is 7.53. The maximum Gasteiger partial charge on any atom is 0.292 e. The van der Waals surface area contributed by atoms with Crippen molar-refractivity contribution in [3.05, 3.63) is 29.8 Å². The van der Waals surface area contributed by atoms with Crippen LogP contribution in [0.3, 0.4) is 0 Å². The molecule has 0 radical (unpaired) electrons. The lowest BCUT2D eigenvalue weighted by Crippen LogP contribution is -2.93. The lowest BCUT2D eigenvalue weighted by atomic mass is 10.2. The molecule has 0 aromatic heterocycles. The molecule has 5 heteroatoms. The Morgan fingerprint density at radius 2 is 2.05 bits per heavy atom. The van der Waals surface area contributed by atoms with Crippen LogP contribution in [0.15, 0.2) is 24.3 Å². The van der Waals surface area contributed by atoms with Crippen LogP contribution >= 0.6 is 0 Å². The number of hydrogen-bond acceptors (Lipinski definition) is 3. The van der Waals surface area contributed by atoms with E-state index in [1.807, 2.05) is 36.5 Å². The topological polar surface area (TPSA) is 63.2 Å². The molecule has 0 saturated carbocycles. The van der Waals surface area contributed by atoms with Gasteiger partial charge in [0, 0.05) is 6.61 Å². The molecule has 0 bridgehead atoms. The molecule has 2 aliphatic heterocycles. The predicted octanol–water partition coefficient (Wildman–Crippen LogP) is 0.369. The number of nitrogens with zero attached hydrogens (tertiary/aromatic N) is 1. The van der Waals surface area contributed by atoms with Crippen LogP contribution < -0.4 is 10.2 Å². The monoisotopic (exact) mass is 289 g/mol. The van der Waals surface area contributed by atoms with Gasteiger partial charge in [0.25, 0.3) is 5.91 Å². The fourth-order valence-corrected chi connectivity index (χ4v) is 2.95. The first-order chi connectivity index (χ1) is 10.1. The second kappa shape index (κ2) is 5.95. The zero-order chi connectivity index (χ0) is 14.8. The van der Waals surface area contributed by atoms with Gasteiger partial charge in [-0.2, -0.15) is 0 Å². The molecule has 2 saturated heterocycles. The molecule has 1 aromatic carbocycles. The average Bonchev–Trinajstić information content (AvgIpc) is 3.07. The first kappa shape index (κ1) is 14.2. The molecule has 21 heavy (non-hydrogen) atoms. The number of benzene rings is 1. The number of imide groups is 1. The molecule has 2 fully saturated rings. The molecule has 2 atom stereocenters. The van der Waals surface area contributed by atoms with Crippen molar-refractivity contribution < 1.29 is 19.6 Å². The number of aryl methyl sites for hydroxylation is 1. The van der Waals surface area contributed by atoms with Gasteiger partial charge in [-0.25, -0.2) is 4.90 Å². The standard InChI is InChI=1S/C16H20N2O3/c1-11-4-6-12(7-5-11)18-15(19)9-14(16(18)20)17-10-13-3-2-8-21-13/h4-7,13-14,17H,2-3,8-10H2,1H3/p+1/t13-,14-/m0/s1. The van der Waals surface area contributed by atoms with Gasteiger partial charge in [-0.15, -0.1) is 0 Å². The van der Waals surface area contributed by atoms with E-state index in [1.165, 1.54) is 4.90 Å². The van der Waals surface area contributed by atoms with Gasteiger partial charge >= 0.3 is 0 Å². The summed E-state index contributed by atoms with van der Waals surface area (Å²) in [6, 6.07) is 7.18. The Morgan fingerprint density at radius 3 is 2.71 bits per heavy atom. The van der Waals surface area contributed by atoms with Gasteiger partial charge in [0.1, 0.15) is 12.6 Å². The molecule has 0 aliphatic carbocycles. The third kappa shape index (κ3) is 2.99. The maximum absolute atomic E-state index is 12.4. The summed E-state index contributed by atoms with van der Waals surface area (Å²) in [5.41, 5.74) is 1.78. The molecule has 0 unspecified atom stereocenters. The van der Waals surface area contributed by atoms with Crippen molar-refractivity contribution in [1.29, 1.82) is 0 Å². The summed E-state index contributed by atoms with van der Waals surface area (Å²) >= 11 is 0. The average molecular weight is 289 g/mol. The SMILES string of the molecule is Cc1ccc(N2C(=O)C[C@H]([NH2+]C[C@@H]3CCCO3)C2=O)cc1.